The van der Waals surface area contributed by atoms with Gasteiger partial charge in [0.25, 0.3) is 0 Å². The standard InChI is InChI=1S/C25H30N2O3/c1-2-30-25(29)26-13-12-18-14-22-23(24(28)20(18)16-26)19-10-6-7-11-21(19)27(22)15-17-8-4-3-5-9-17/h3-5,8-9,18,20H,2,6-7,10-16H2,1H3/t18-,20+/m0/s1. The number of ether oxygens (including phenoxy) is 1. The number of rotatable bonds is 3. The largest absolute Gasteiger partial charge is 0.450 e. The van der Waals surface area contributed by atoms with Gasteiger partial charge in [-0.05, 0) is 62.5 Å². The van der Waals surface area contributed by atoms with Crippen LogP contribution >= 0.6 is 0 Å². The number of hydrogen-bond acceptors (Lipinski definition) is 3. The lowest BCUT2D eigenvalue weighted by molar-refractivity contribution is 0.0565. The van der Waals surface area contributed by atoms with Crippen LogP contribution in [0.15, 0.2) is 30.3 Å². The minimum Gasteiger partial charge on any atom is -0.450 e. The van der Waals surface area contributed by atoms with Crippen LogP contribution in [-0.2, 0) is 30.5 Å². The van der Waals surface area contributed by atoms with Crippen molar-refractivity contribution in [3.05, 3.63) is 58.4 Å². The number of piperidine rings is 1. The predicted molar refractivity (Wildman–Crippen MR) is 115 cm³/mol. The number of fused-ring (bicyclic) bond motifs is 4. The summed E-state index contributed by atoms with van der Waals surface area (Å²) in [6.45, 7) is 4.22. The highest BCUT2D eigenvalue weighted by atomic mass is 16.6. The average Bonchev–Trinajstić information content (AvgIpc) is 3.08. The van der Waals surface area contributed by atoms with Crippen molar-refractivity contribution in [1.82, 2.24) is 9.47 Å². The number of likely N-dealkylation sites (tertiary alicyclic amines) is 1. The van der Waals surface area contributed by atoms with Gasteiger partial charge in [0.05, 0.1) is 6.61 Å². The molecule has 2 aliphatic carbocycles. The van der Waals surface area contributed by atoms with E-state index in [1.54, 1.807) is 4.90 Å². The van der Waals surface area contributed by atoms with Crippen molar-refractivity contribution in [1.29, 1.82) is 0 Å². The van der Waals surface area contributed by atoms with Gasteiger partial charge in [-0.15, -0.1) is 0 Å². The Kier molecular flexibility index (Phi) is 5.13. The summed E-state index contributed by atoms with van der Waals surface area (Å²) in [4.78, 5) is 27.7. The SMILES string of the molecule is CCOC(=O)N1CC[C@H]2Cc3c(c4c(n3Cc3ccccc3)CCCC4)C(=O)[C@@H]2C1. The van der Waals surface area contributed by atoms with Gasteiger partial charge in [-0.3, -0.25) is 4.79 Å². The number of carbonyl (C=O) groups excluding carboxylic acids is 2. The monoisotopic (exact) mass is 406 g/mol. The number of hydrogen-bond donors (Lipinski definition) is 0. The van der Waals surface area contributed by atoms with Crippen LogP contribution in [0.2, 0.25) is 0 Å². The Morgan fingerprint density at radius 3 is 2.73 bits per heavy atom. The van der Waals surface area contributed by atoms with Crippen molar-refractivity contribution >= 4 is 11.9 Å². The summed E-state index contributed by atoms with van der Waals surface area (Å²) in [5, 5.41) is 0. The van der Waals surface area contributed by atoms with Crippen LogP contribution in [0.25, 0.3) is 0 Å². The maximum Gasteiger partial charge on any atom is 0.409 e. The van der Waals surface area contributed by atoms with Crippen LogP contribution < -0.4 is 0 Å². The molecule has 158 valence electrons. The number of amides is 1. The summed E-state index contributed by atoms with van der Waals surface area (Å²) in [5.41, 5.74) is 6.21. The van der Waals surface area contributed by atoms with E-state index in [1.165, 1.54) is 28.9 Å². The first-order valence-electron chi connectivity index (χ1n) is 11.4. The Labute approximate surface area is 178 Å². The molecule has 1 fully saturated rings. The smallest absolute Gasteiger partial charge is 0.409 e. The molecule has 1 aromatic heterocycles. The Balaban J connectivity index is 1.51. The van der Waals surface area contributed by atoms with Gasteiger partial charge in [-0.2, -0.15) is 0 Å². The molecule has 0 saturated carbocycles. The summed E-state index contributed by atoms with van der Waals surface area (Å²) in [5.74, 6) is 0.496. The second kappa shape index (κ2) is 7.93. The van der Waals surface area contributed by atoms with Crippen LogP contribution in [0.4, 0.5) is 4.79 Å². The van der Waals surface area contributed by atoms with E-state index in [0.717, 1.165) is 44.2 Å². The zero-order valence-electron chi connectivity index (χ0n) is 17.7. The quantitative estimate of drug-likeness (QED) is 0.766. The Hall–Kier alpha value is -2.56. The van der Waals surface area contributed by atoms with Gasteiger partial charge in [0.15, 0.2) is 5.78 Å². The fraction of sp³-hybridized carbons (Fsp3) is 0.520. The molecule has 0 N–H and O–H groups in total. The molecule has 30 heavy (non-hydrogen) atoms. The number of carbonyl (C=O) groups is 2. The summed E-state index contributed by atoms with van der Waals surface area (Å²) in [7, 11) is 0. The summed E-state index contributed by atoms with van der Waals surface area (Å²) >= 11 is 0. The van der Waals surface area contributed by atoms with Gasteiger partial charge in [-0.25, -0.2) is 4.79 Å². The van der Waals surface area contributed by atoms with Gasteiger partial charge >= 0.3 is 6.09 Å². The minimum absolute atomic E-state index is 0.0887. The number of nitrogens with zero attached hydrogens (tertiary/aromatic N) is 2. The Bertz CT molecular complexity index is 963. The molecule has 5 rings (SSSR count). The number of aromatic nitrogens is 1. The van der Waals surface area contributed by atoms with Crippen molar-refractivity contribution in [2.24, 2.45) is 11.8 Å². The topological polar surface area (TPSA) is 51.5 Å². The number of Topliss-reactive ketones (excluding diaryl/α,β-unsaturated/α-hetero) is 1. The predicted octanol–water partition coefficient (Wildman–Crippen LogP) is 4.25. The van der Waals surface area contributed by atoms with Crippen molar-refractivity contribution in [3.8, 4) is 0 Å². The lowest BCUT2D eigenvalue weighted by Crippen LogP contribution is -2.49. The molecule has 1 saturated heterocycles. The van der Waals surface area contributed by atoms with Crippen LogP contribution in [0.5, 0.6) is 0 Å². The zero-order chi connectivity index (χ0) is 20.7. The van der Waals surface area contributed by atoms with E-state index >= 15 is 0 Å². The number of benzene rings is 1. The average molecular weight is 407 g/mol. The molecular weight excluding hydrogens is 376 g/mol. The first-order chi connectivity index (χ1) is 14.7. The third kappa shape index (κ3) is 3.24. The van der Waals surface area contributed by atoms with E-state index in [1.807, 2.05) is 6.92 Å². The fourth-order valence-electron chi connectivity index (χ4n) is 5.74. The van der Waals surface area contributed by atoms with Crippen LogP contribution in [0.3, 0.4) is 0 Å². The van der Waals surface area contributed by atoms with Crippen molar-refractivity contribution < 1.29 is 14.3 Å². The molecule has 5 heteroatoms. The lowest BCUT2D eigenvalue weighted by Gasteiger charge is -2.40. The molecular formula is C25H30N2O3. The van der Waals surface area contributed by atoms with E-state index in [4.69, 9.17) is 4.74 Å². The van der Waals surface area contributed by atoms with Crippen LogP contribution in [-0.4, -0.2) is 41.0 Å². The maximum atomic E-state index is 13.7. The zero-order valence-corrected chi connectivity index (χ0v) is 17.7. The van der Waals surface area contributed by atoms with E-state index < -0.39 is 0 Å². The third-order valence-corrected chi connectivity index (χ3v) is 7.18. The summed E-state index contributed by atoms with van der Waals surface area (Å²) < 4.78 is 7.66. The van der Waals surface area contributed by atoms with Crippen molar-refractivity contribution in [2.75, 3.05) is 19.7 Å². The molecule has 1 amide bonds. The summed E-state index contributed by atoms with van der Waals surface area (Å²) in [6.07, 6.45) is 5.96. The molecule has 0 spiro atoms. The van der Waals surface area contributed by atoms with Gasteiger partial charge in [0.1, 0.15) is 0 Å². The molecule has 5 nitrogen and oxygen atoms in total. The lowest BCUT2D eigenvalue weighted by atomic mass is 9.72. The van der Waals surface area contributed by atoms with Crippen LogP contribution in [0.1, 0.15) is 59.1 Å². The minimum atomic E-state index is -0.279. The second-order valence-corrected chi connectivity index (χ2v) is 8.89. The van der Waals surface area contributed by atoms with Crippen molar-refractivity contribution in [2.45, 2.75) is 52.0 Å². The van der Waals surface area contributed by atoms with Gasteiger partial charge in [0.2, 0.25) is 0 Å². The van der Waals surface area contributed by atoms with E-state index in [-0.39, 0.29) is 17.8 Å². The second-order valence-electron chi connectivity index (χ2n) is 8.89. The molecule has 0 bridgehead atoms. The molecule has 0 radical (unpaired) electrons. The summed E-state index contributed by atoms with van der Waals surface area (Å²) in [6, 6.07) is 10.6. The fourth-order valence-corrected chi connectivity index (χ4v) is 5.74. The van der Waals surface area contributed by atoms with E-state index in [9.17, 15) is 9.59 Å². The normalized spacial score (nSPS) is 22.8. The van der Waals surface area contributed by atoms with Gasteiger partial charge in [0, 0.05) is 42.5 Å². The molecule has 3 aliphatic rings. The molecule has 2 heterocycles. The Morgan fingerprint density at radius 2 is 1.93 bits per heavy atom. The van der Waals surface area contributed by atoms with Gasteiger partial charge < -0.3 is 14.2 Å². The molecule has 2 atom stereocenters. The molecule has 1 aliphatic heterocycles. The van der Waals surface area contributed by atoms with Gasteiger partial charge in [-0.1, -0.05) is 30.3 Å². The number of ketones is 1. The highest BCUT2D eigenvalue weighted by Gasteiger charge is 2.44. The maximum absolute atomic E-state index is 13.7. The van der Waals surface area contributed by atoms with E-state index in [0.29, 0.717) is 25.6 Å². The Morgan fingerprint density at radius 1 is 1.13 bits per heavy atom. The first kappa shape index (κ1) is 19.4. The third-order valence-electron chi connectivity index (χ3n) is 7.18. The van der Waals surface area contributed by atoms with Crippen LogP contribution in [0, 0.1) is 11.8 Å². The first-order valence-corrected chi connectivity index (χ1v) is 11.4. The van der Waals surface area contributed by atoms with E-state index in [2.05, 4.69) is 34.9 Å². The van der Waals surface area contributed by atoms with Crippen molar-refractivity contribution in [3.63, 3.8) is 0 Å². The molecule has 2 aromatic rings. The molecule has 1 aromatic carbocycles. The molecule has 0 unspecified atom stereocenters. The highest BCUT2D eigenvalue weighted by Crippen LogP contribution is 2.41. The highest BCUT2D eigenvalue weighted by molar-refractivity contribution is 6.02.